The van der Waals surface area contributed by atoms with E-state index < -0.39 is 12.0 Å². The van der Waals surface area contributed by atoms with E-state index in [1.54, 1.807) is 4.90 Å². The van der Waals surface area contributed by atoms with Gasteiger partial charge in [0.25, 0.3) is 0 Å². The van der Waals surface area contributed by atoms with E-state index in [1.807, 2.05) is 25.9 Å². The Bertz CT molecular complexity index is 346. The number of oxime groups is 1. The lowest BCUT2D eigenvalue weighted by molar-refractivity contribution is -0.134. The molecule has 4 N–H and O–H groups in total. The Morgan fingerprint density at radius 2 is 2.21 bits per heavy atom. The summed E-state index contributed by atoms with van der Waals surface area (Å²) in [7, 11) is 3.85. The van der Waals surface area contributed by atoms with Crippen molar-refractivity contribution in [1.82, 2.24) is 9.80 Å². The number of hydrogen-bond acceptors (Lipinski definition) is 5. The fourth-order valence-corrected chi connectivity index (χ4v) is 2.54. The second kappa shape index (κ2) is 6.72. The largest absolute Gasteiger partial charge is 0.409 e. The molecule has 7 nitrogen and oxygen atoms in total. The third kappa shape index (κ3) is 3.81. The van der Waals surface area contributed by atoms with Crippen LogP contribution in [0.5, 0.6) is 0 Å². The predicted octanol–water partition coefficient (Wildman–Crippen LogP) is -0.718. The van der Waals surface area contributed by atoms with Gasteiger partial charge in [-0.2, -0.15) is 0 Å². The van der Waals surface area contributed by atoms with Gasteiger partial charge < -0.3 is 25.8 Å². The Balaban J connectivity index is 2.83. The lowest BCUT2D eigenvalue weighted by Gasteiger charge is -2.29. The topological polar surface area (TPSA) is 102 Å². The van der Waals surface area contributed by atoms with E-state index in [2.05, 4.69) is 5.16 Å². The molecule has 1 fully saturated rings. The molecule has 0 bridgehead atoms. The SMILES string of the molecule is CCC(C(=O)N1CC(O)CC1CN(C)C)C(N)=NO. The van der Waals surface area contributed by atoms with E-state index in [0.29, 0.717) is 25.9 Å². The molecule has 0 radical (unpaired) electrons. The molecule has 0 saturated carbocycles. The van der Waals surface area contributed by atoms with Crippen molar-refractivity contribution in [1.29, 1.82) is 0 Å². The number of aliphatic hydroxyl groups excluding tert-OH is 1. The van der Waals surface area contributed by atoms with Gasteiger partial charge in [-0.25, -0.2) is 0 Å². The molecule has 1 heterocycles. The first-order valence-electron chi connectivity index (χ1n) is 6.51. The van der Waals surface area contributed by atoms with Crippen LogP contribution >= 0.6 is 0 Å². The van der Waals surface area contributed by atoms with Gasteiger partial charge in [0.2, 0.25) is 5.91 Å². The molecule has 0 spiro atoms. The molecule has 110 valence electrons. The zero-order valence-electron chi connectivity index (χ0n) is 11.8. The number of hydrogen-bond donors (Lipinski definition) is 3. The zero-order valence-corrected chi connectivity index (χ0v) is 11.8. The lowest BCUT2D eigenvalue weighted by atomic mass is 10.0. The van der Waals surface area contributed by atoms with Crippen LogP contribution in [0.15, 0.2) is 5.16 Å². The van der Waals surface area contributed by atoms with Crippen molar-refractivity contribution in [2.24, 2.45) is 16.8 Å². The van der Waals surface area contributed by atoms with Gasteiger partial charge in [-0.3, -0.25) is 4.79 Å². The molecule has 0 aliphatic carbocycles. The summed E-state index contributed by atoms with van der Waals surface area (Å²) in [4.78, 5) is 16.1. The van der Waals surface area contributed by atoms with Crippen LogP contribution in [-0.2, 0) is 4.79 Å². The molecule has 19 heavy (non-hydrogen) atoms. The highest BCUT2D eigenvalue weighted by Gasteiger charge is 2.38. The monoisotopic (exact) mass is 272 g/mol. The Kier molecular flexibility index (Phi) is 5.56. The third-order valence-corrected chi connectivity index (χ3v) is 3.43. The van der Waals surface area contributed by atoms with Crippen molar-refractivity contribution < 1.29 is 15.1 Å². The van der Waals surface area contributed by atoms with Gasteiger partial charge in [0, 0.05) is 19.1 Å². The summed E-state index contributed by atoms with van der Waals surface area (Å²) in [5.41, 5.74) is 5.56. The van der Waals surface area contributed by atoms with Gasteiger partial charge >= 0.3 is 0 Å². The van der Waals surface area contributed by atoms with Crippen LogP contribution in [0.4, 0.5) is 0 Å². The third-order valence-electron chi connectivity index (χ3n) is 3.43. The number of carbonyl (C=O) groups excluding carboxylic acids is 1. The summed E-state index contributed by atoms with van der Waals surface area (Å²) < 4.78 is 0. The van der Waals surface area contributed by atoms with Crippen LogP contribution in [0.25, 0.3) is 0 Å². The number of rotatable bonds is 5. The van der Waals surface area contributed by atoms with Crippen LogP contribution in [0.1, 0.15) is 19.8 Å². The molecule has 1 saturated heterocycles. The lowest BCUT2D eigenvalue weighted by Crippen LogP contribution is -2.47. The second-order valence-electron chi connectivity index (χ2n) is 5.28. The zero-order chi connectivity index (χ0) is 14.6. The number of nitrogens with two attached hydrogens (primary N) is 1. The van der Waals surface area contributed by atoms with E-state index in [1.165, 1.54) is 0 Å². The van der Waals surface area contributed by atoms with Crippen molar-refractivity contribution in [3.8, 4) is 0 Å². The molecular formula is C12H24N4O3. The highest BCUT2D eigenvalue weighted by Crippen LogP contribution is 2.22. The van der Waals surface area contributed by atoms with E-state index in [0.717, 1.165) is 0 Å². The number of likely N-dealkylation sites (N-methyl/N-ethyl adjacent to an activating group) is 1. The van der Waals surface area contributed by atoms with Crippen molar-refractivity contribution in [2.45, 2.75) is 31.9 Å². The van der Waals surface area contributed by atoms with E-state index in [-0.39, 0.29) is 17.8 Å². The number of amidine groups is 1. The first kappa shape index (κ1) is 15.7. The fraction of sp³-hybridized carbons (Fsp3) is 0.833. The van der Waals surface area contributed by atoms with Gasteiger partial charge in [0.1, 0.15) is 0 Å². The van der Waals surface area contributed by atoms with Crippen LogP contribution in [0, 0.1) is 5.92 Å². The van der Waals surface area contributed by atoms with Gasteiger partial charge in [-0.05, 0) is 26.9 Å². The standard InChI is InChI=1S/C12H24N4O3/c1-4-10(11(13)14-19)12(18)16-7-9(17)5-8(16)6-15(2)3/h8-10,17,19H,4-7H2,1-3H3,(H2,13,14). The van der Waals surface area contributed by atoms with Crippen LogP contribution < -0.4 is 5.73 Å². The van der Waals surface area contributed by atoms with Crippen molar-refractivity contribution in [2.75, 3.05) is 27.2 Å². The Morgan fingerprint density at radius 3 is 2.68 bits per heavy atom. The summed E-state index contributed by atoms with van der Waals surface area (Å²) in [5.74, 6) is -0.876. The van der Waals surface area contributed by atoms with Gasteiger partial charge in [-0.15, -0.1) is 0 Å². The molecule has 0 aromatic rings. The number of amides is 1. The summed E-state index contributed by atoms with van der Waals surface area (Å²) in [6, 6.07) is -0.0296. The smallest absolute Gasteiger partial charge is 0.233 e. The minimum Gasteiger partial charge on any atom is -0.409 e. The number of aliphatic hydroxyl groups is 1. The summed E-state index contributed by atoms with van der Waals surface area (Å²) in [6.45, 7) is 2.82. The second-order valence-corrected chi connectivity index (χ2v) is 5.28. The normalized spacial score (nSPS) is 25.9. The average Bonchev–Trinajstić information content (AvgIpc) is 2.69. The maximum atomic E-state index is 12.4. The number of nitrogens with zero attached hydrogens (tertiary/aromatic N) is 3. The average molecular weight is 272 g/mol. The number of likely N-dealkylation sites (tertiary alicyclic amines) is 1. The Morgan fingerprint density at radius 1 is 1.58 bits per heavy atom. The predicted molar refractivity (Wildman–Crippen MR) is 71.9 cm³/mol. The maximum Gasteiger partial charge on any atom is 0.233 e. The summed E-state index contributed by atoms with van der Waals surface area (Å²) in [6.07, 6.45) is 0.533. The first-order chi connectivity index (χ1) is 8.90. The highest BCUT2D eigenvalue weighted by atomic mass is 16.4. The van der Waals surface area contributed by atoms with Crippen molar-refractivity contribution >= 4 is 11.7 Å². The molecule has 3 unspecified atom stereocenters. The van der Waals surface area contributed by atoms with Gasteiger partial charge in [-0.1, -0.05) is 12.1 Å². The maximum absolute atomic E-state index is 12.4. The molecule has 1 amide bonds. The molecule has 3 atom stereocenters. The van der Waals surface area contributed by atoms with E-state index in [4.69, 9.17) is 10.9 Å². The van der Waals surface area contributed by atoms with Crippen LogP contribution in [-0.4, -0.2) is 71.2 Å². The highest BCUT2D eigenvalue weighted by molar-refractivity contribution is 6.02. The van der Waals surface area contributed by atoms with Crippen molar-refractivity contribution in [3.63, 3.8) is 0 Å². The molecule has 1 aliphatic heterocycles. The Labute approximate surface area is 113 Å². The van der Waals surface area contributed by atoms with Gasteiger partial charge in [0.05, 0.1) is 12.0 Å². The minimum absolute atomic E-state index is 0.0296. The summed E-state index contributed by atoms with van der Waals surface area (Å²) in [5, 5.41) is 21.4. The molecule has 1 aliphatic rings. The molecule has 0 aromatic heterocycles. The molecule has 0 aromatic carbocycles. The first-order valence-corrected chi connectivity index (χ1v) is 6.51. The van der Waals surface area contributed by atoms with Crippen molar-refractivity contribution in [3.05, 3.63) is 0 Å². The van der Waals surface area contributed by atoms with E-state index >= 15 is 0 Å². The van der Waals surface area contributed by atoms with E-state index in [9.17, 15) is 9.90 Å². The minimum atomic E-state index is -0.625. The van der Waals surface area contributed by atoms with Crippen LogP contribution in [0.3, 0.4) is 0 Å². The number of carbonyl (C=O) groups is 1. The van der Waals surface area contributed by atoms with Gasteiger partial charge in [0.15, 0.2) is 5.84 Å². The number of β-amino-alcohol motifs (C(OH)–C–C–N with tert-alkyl or cyclic N) is 1. The Hall–Kier alpha value is -1.34. The molecule has 7 heteroatoms. The quantitative estimate of drug-likeness (QED) is 0.265. The summed E-state index contributed by atoms with van der Waals surface area (Å²) >= 11 is 0. The van der Waals surface area contributed by atoms with Crippen LogP contribution in [0.2, 0.25) is 0 Å². The molecule has 1 rings (SSSR count). The fourth-order valence-electron chi connectivity index (χ4n) is 2.54. The molecular weight excluding hydrogens is 248 g/mol.